The molecule has 45 heavy (non-hydrogen) atoms. The number of morpholine rings is 1. The predicted octanol–water partition coefficient (Wildman–Crippen LogP) is 5.66. The molecule has 1 aliphatic heterocycles. The molecular weight excluding hydrogens is 578 g/mol. The van der Waals surface area contributed by atoms with Gasteiger partial charge in [0.2, 0.25) is 5.75 Å². The van der Waals surface area contributed by atoms with E-state index in [4.69, 9.17) is 23.7 Å². The number of phenolic OH excluding ortho intramolecular Hbond substituents is 3. The van der Waals surface area contributed by atoms with Crippen LogP contribution in [0.15, 0.2) is 54.1 Å². The number of methoxy groups -OCH3 is 4. The van der Waals surface area contributed by atoms with Crippen LogP contribution in [0, 0.1) is 0 Å². The second-order valence-electron chi connectivity index (χ2n) is 10.8. The van der Waals surface area contributed by atoms with Crippen LogP contribution in [0.25, 0.3) is 6.08 Å². The topological polar surface area (TPSA) is 127 Å². The lowest BCUT2D eigenvalue weighted by Gasteiger charge is -2.37. The molecule has 1 saturated heterocycles. The molecule has 0 aliphatic carbocycles. The molecule has 240 valence electrons. The Bertz CT molecular complexity index is 1540. The molecule has 10 heteroatoms. The highest BCUT2D eigenvalue weighted by Gasteiger charge is 2.36. The van der Waals surface area contributed by atoms with Crippen molar-refractivity contribution in [2.45, 2.75) is 26.3 Å². The van der Waals surface area contributed by atoms with Gasteiger partial charge >= 0.3 is 0 Å². The lowest BCUT2D eigenvalue weighted by molar-refractivity contribution is 0.0230. The van der Waals surface area contributed by atoms with Crippen LogP contribution in [0.2, 0.25) is 0 Å². The first-order valence-corrected chi connectivity index (χ1v) is 14.6. The predicted molar refractivity (Wildman–Crippen MR) is 171 cm³/mol. The van der Waals surface area contributed by atoms with Gasteiger partial charge in [-0.15, -0.1) is 0 Å². The quantitative estimate of drug-likeness (QED) is 0.133. The van der Waals surface area contributed by atoms with E-state index in [2.05, 4.69) is 4.90 Å². The van der Waals surface area contributed by atoms with Gasteiger partial charge in [-0.25, -0.2) is 0 Å². The van der Waals surface area contributed by atoms with Gasteiger partial charge < -0.3 is 39.0 Å². The molecule has 0 saturated carbocycles. The molecule has 1 heterocycles. The van der Waals surface area contributed by atoms with E-state index >= 15 is 0 Å². The fourth-order valence-corrected chi connectivity index (χ4v) is 5.46. The fraction of sp³-hybridized carbons (Fsp3) is 0.343. The van der Waals surface area contributed by atoms with Gasteiger partial charge in [-0.1, -0.05) is 29.9 Å². The minimum atomic E-state index is -0.670. The zero-order valence-electron chi connectivity index (χ0n) is 26.5. The van der Waals surface area contributed by atoms with E-state index in [-0.39, 0.29) is 40.5 Å². The van der Waals surface area contributed by atoms with Crippen LogP contribution in [-0.4, -0.2) is 80.7 Å². The third-order valence-electron chi connectivity index (χ3n) is 7.71. The molecular formula is C35H41NO9. The van der Waals surface area contributed by atoms with Gasteiger partial charge in [-0.3, -0.25) is 9.69 Å². The number of ketones is 1. The number of hydrogen-bond acceptors (Lipinski definition) is 10. The number of carbonyl (C=O) groups excluding carboxylic acids is 1. The minimum Gasteiger partial charge on any atom is -0.508 e. The van der Waals surface area contributed by atoms with E-state index in [0.29, 0.717) is 60.2 Å². The SMILES string of the molecule is COc1cc(C(c2c(O)c(CC=C(C)C)c(O)c(C(=O)/C=C/c3ccc(O)cc3)c2OC)N2CCOCC2)cc(OC)c1OC. The summed E-state index contributed by atoms with van der Waals surface area (Å²) in [7, 11) is 5.98. The Balaban J connectivity index is 2.03. The number of hydrogen-bond donors (Lipinski definition) is 3. The summed E-state index contributed by atoms with van der Waals surface area (Å²) in [5.74, 6) is 0.305. The zero-order chi connectivity index (χ0) is 32.7. The molecule has 1 atom stereocenters. The van der Waals surface area contributed by atoms with Crippen molar-refractivity contribution >= 4 is 11.9 Å². The Kier molecular flexibility index (Phi) is 11.0. The van der Waals surface area contributed by atoms with E-state index < -0.39 is 11.8 Å². The van der Waals surface area contributed by atoms with Crippen LogP contribution in [0.1, 0.15) is 52.5 Å². The van der Waals surface area contributed by atoms with E-state index in [0.717, 1.165) is 5.57 Å². The standard InChI is InChI=1S/C35H41NO9/c1-21(2)7-13-25-32(39)29(26(38)14-10-22-8-11-24(37)12-9-22)35(44-6)30(33(25)40)31(36-15-17-45-18-16-36)23-19-27(41-3)34(43-5)28(20-23)42-4/h7-12,14,19-20,31,37,39-40H,13,15-18H2,1-6H3/b14-10+. The Labute approximate surface area is 263 Å². The van der Waals surface area contributed by atoms with Crippen molar-refractivity contribution in [1.82, 2.24) is 4.90 Å². The normalized spacial score (nSPS) is 14.2. The molecule has 0 spiro atoms. The number of ether oxygens (including phenoxy) is 5. The van der Waals surface area contributed by atoms with Gasteiger partial charge in [0.1, 0.15) is 28.6 Å². The van der Waals surface area contributed by atoms with Crippen molar-refractivity contribution in [2.75, 3.05) is 54.7 Å². The van der Waals surface area contributed by atoms with Crippen molar-refractivity contribution in [3.63, 3.8) is 0 Å². The number of rotatable bonds is 12. The smallest absolute Gasteiger partial charge is 0.203 e. The van der Waals surface area contributed by atoms with E-state index in [9.17, 15) is 20.1 Å². The number of carbonyl (C=O) groups is 1. The Morgan fingerprint density at radius 1 is 0.889 bits per heavy atom. The number of aromatic hydroxyl groups is 3. The first kappa shape index (κ1) is 33.2. The molecule has 3 N–H and O–H groups in total. The van der Waals surface area contributed by atoms with Crippen LogP contribution in [0.4, 0.5) is 0 Å². The molecule has 1 unspecified atom stereocenters. The van der Waals surface area contributed by atoms with Gasteiger partial charge in [0, 0.05) is 18.7 Å². The zero-order valence-corrected chi connectivity index (χ0v) is 26.5. The Morgan fingerprint density at radius 2 is 1.49 bits per heavy atom. The van der Waals surface area contributed by atoms with Crippen molar-refractivity contribution in [1.29, 1.82) is 0 Å². The highest BCUT2D eigenvalue weighted by Crippen LogP contribution is 2.51. The highest BCUT2D eigenvalue weighted by molar-refractivity contribution is 6.11. The number of allylic oxidation sites excluding steroid dienone is 3. The Hall–Kier alpha value is -4.67. The summed E-state index contributed by atoms with van der Waals surface area (Å²) in [5.41, 5.74) is 2.75. The van der Waals surface area contributed by atoms with E-state index in [1.807, 2.05) is 19.9 Å². The van der Waals surface area contributed by atoms with Crippen LogP contribution in [-0.2, 0) is 11.2 Å². The van der Waals surface area contributed by atoms with Crippen LogP contribution in [0.3, 0.4) is 0 Å². The lowest BCUT2D eigenvalue weighted by Crippen LogP contribution is -2.40. The van der Waals surface area contributed by atoms with E-state index in [1.165, 1.54) is 46.6 Å². The monoisotopic (exact) mass is 619 g/mol. The second-order valence-corrected chi connectivity index (χ2v) is 10.8. The molecule has 0 aromatic heterocycles. The molecule has 10 nitrogen and oxygen atoms in total. The number of benzene rings is 3. The molecule has 4 rings (SSSR count). The number of phenols is 3. The van der Waals surface area contributed by atoms with Crippen LogP contribution < -0.4 is 18.9 Å². The largest absolute Gasteiger partial charge is 0.508 e. The van der Waals surface area contributed by atoms with Crippen molar-refractivity contribution in [2.24, 2.45) is 0 Å². The van der Waals surface area contributed by atoms with Crippen molar-refractivity contribution in [3.05, 3.63) is 81.9 Å². The first-order chi connectivity index (χ1) is 21.6. The van der Waals surface area contributed by atoms with Gasteiger partial charge in [0.05, 0.1) is 53.3 Å². The average Bonchev–Trinajstić information content (AvgIpc) is 3.04. The van der Waals surface area contributed by atoms with Crippen molar-refractivity contribution < 1.29 is 43.8 Å². The number of nitrogens with zero attached hydrogens (tertiary/aromatic N) is 1. The van der Waals surface area contributed by atoms with Gasteiger partial charge in [0.15, 0.2) is 17.3 Å². The molecule has 3 aromatic carbocycles. The van der Waals surface area contributed by atoms with Gasteiger partial charge in [-0.05, 0) is 61.7 Å². The Morgan fingerprint density at radius 3 is 2.02 bits per heavy atom. The third-order valence-corrected chi connectivity index (χ3v) is 7.71. The summed E-state index contributed by atoms with van der Waals surface area (Å²) in [6.45, 7) is 5.76. The summed E-state index contributed by atoms with van der Waals surface area (Å²) >= 11 is 0. The summed E-state index contributed by atoms with van der Waals surface area (Å²) in [6.07, 6.45) is 4.96. The molecule has 0 amide bonds. The fourth-order valence-electron chi connectivity index (χ4n) is 5.46. The van der Waals surface area contributed by atoms with Crippen molar-refractivity contribution in [3.8, 4) is 40.2 Å². The molecule has 3 aromatic rings. The van der Waals surface area contributed by atoms with E-state index in [1.54, 1.807) is 30.3 Å². The van der Waals surface area contributed by atoms with Gasteiger partial charge in [0.25, 0.3) is 0 Å². The average molecular weight is 620 g/mol. The summed E-state index contributed by atoms with van der Waals surface area (Å²) in [4.78, 5) is 16.0. The third kappa shape index (κ3) is 7.19. The summed E-state index contributed by atoms with van der Waals surface area (Å²) in [6, 6.07) is 9.29. The molecule has 1 fully saturated rings. The maximum absolute atomic E-state index is 13.9. The second kappa shape index (κ2) is 14.9. The maximum Gasteiger partial charge on any atom is 0.203 e. The first-order valence-electron chi connectivity index (χ1n) is 14.6. The minimum absolute atomic E-state index is 0.0385. The maximum atomic E-state index is 13.9. The lowest BCUT2D eigenvalue weighted by atomic mass is 9.87. The summed E-state index contributed by atoms with van der Waals surface area (Å²) in [5, 5.41) is 33.2. The summed E-state index contributed by atoms with van der Waals surface area (Å²) < 4.78 is 28.4. The molecule has 0 bridgehead atoms. The molecule has 0 radical (unpaired) electrons. The highest BCUT2D eigenvalue weighted by atomic mass is 16.5. The van der Waals surface area contributed by atoms with Crippen LogP contribution >= 0.6 is 0 Å². The van der Waals surface area contributed by atoms with Gasteiger partial charge in [-0.2, -0.15) is 0 Å². The van der Waals surface area contributed by atoms with Crippen LogP contribution in [0.5, 0.6) is 40.2 Å². The molecule has 1 aliphatic rings.